The second kappa shape index (κ2) is 11.2. The molecular weight excluding hydrogens is 472 g/mol. The largest absolute Gasteiger partial charge is 0.449 e. The van der Waals surface area contributed by atoms with E-state index in [0.717, 1.165) is 23.2 Å². The molecule has 190 valence electrons. The zero-order chi connectivity index (χ0) is 26.5. The summed E-state index contributed by atoms with van der Waals surface area (Å²) in [5.74, 6) is 0.544. The molecule has 4 aromatic rings. The number of nitrogens with zero attached hydrogens (tertiary/aromatic N) is 1. The van der Waals surface area contributed by atoms with Crippen LogP contribution in [0.5, 0.6) is 5.75 Å². The molecule has 0 spiro atoms. The molecule has 38 heavy (non-hydrogen) atoms. The molecule has 5 rings (SSSR count). The number of benzene rings is 4. The van der Waals surface area contributed by atoms with Crippen molar-refractivity contribution in [2.45, 2.75) is 26.8 Å². The van der Waals surface area contributed by atoms with Crippen molar-refractivity contribution in [3.8, 4) is 5.75 Å². The molecule has 0 atom stereocenters. The van der Waals surface area contributed by atoms with Gasteiger partial charge in [-0.1, -0.05) is 83.9 Å². The maximum absolute atomic E-state index is 13.5. The van der Waals surface area contributed by atoms with Gasteiger partial charge in [0.15, 0.2) is 11.5 Å². The summed E-state index contributed by atoms with van der Waals surface area (Å²) in [5, 5.41) is 2.97. The number of aryl methyl sites for hydroxylation is 2. The monoisotopic (exact) mass is 502 g/mol. The van der Waals surface area contributed by atoms with Gasteiger partial charge in [0.25, 0.3) is 11.8 Å². The molecule has 1 heterocycles. The molecule has 0 fully saturated rings. The number of amides is 2. The highest BCUT2D eigenvalue weighted by Gasteiger charge is 2.30. The van der Waals surface area contributed by atoms with Crippen molar-refractivity contribution in [3.05, 3.63) is 136 Å². The van der Waals surface area contributed by atoms with E-state index in [1.165, 1.54) is 16.7 Å². The number of ether oxygens (including phenoxy) is 1. The fraction of sp³-hybridized carbons (Fsp3) is 0.152. The molecule has 0 aliphatic carbocycles. The van der Waals surface area contributed by atoms with Gasteiger partial charge < -0.3 is 10.1 Å². The average Bonchev–Trinajstić information content (AvgIpc) is 2.93. The highest BCUT2D eigenvalue weighted by molar-refractivity contribution is 6.09. The topological polar surface area (TPSA) is 58.6 Å². The number of anilines is 1. The summed E-state index contributed by atoms with van der Waals surface area (Å²) in [6, 6.07) is 31.2. The number of para-hydroxylation sites is 2. The molecule has 0 unspecified atom stereocenters. The van der Waals surface area contributed by atoms with Crippen LogP contribution >= 0.6 is 0 Å². The van der Waals surface area contributed by atoms with Gasteiger partial charge >= 0.3 is 0 Å². The van der Waals surface area contributed by atoms with E-state index >= 15 is 0 Å². The summed E-state index contributed by atoms with van der Waals surface area (Å²) in [5.41, 5.74) is 6.71. The van der Waals surface area contributed by atoms with E-state index in [2.05, 4.69) is 36.5 Å². The standard InChI is InChI=1S/C33H30N2O3/c1-23-7-11-25(12-8-23)19-20-34-32(36)28-17-15-26(16-18-28)21-31-33(37)35(22-27-13-9-24(2)10-14-27)29-5-3-4-6-30(29)38-31/h3-18,21H,19-20,22H2,1-2H3,(H,34,36). The molecule has 0 aromatic heterocycles. The van der Waals surface area contributed by atoms with Gasteiger partial charge in [0, 0.05) is 12.1 Å². The Bertz CT molecular complexity index is 1470. The third-order valence-electron chi connectivity index (χ3n) is 6.58. The van der Waals surface area contributed by atoms with E-state index in [-0.39, 0.29) is 17.6 Å². The van der Waals surface area contributed by atoms with Crippen LogP contribution in [0.1, 0.15) is 38.2 Å². The van der Waals surface area contributed by atoms with Crippen LogP contribution in [-0.4, -0.2) is 18.4 Å². The molecule has 5 heteroatoms. The zero-order valence-electron chi connectivity index (χ0n) is 21.6. The summed E-state index contributed by atoms with van der Waals surface area (Å²) < 4.78 is 6.01. The third kappa shape index (κ3) is 5.84. The molecule has 4 aromatic carbocycles. The zero-order valence-corrected chi connectivity index (χ0v) is 21.6. The first kappa shape index (κ1) is 25.0. The molecule has 1 aliphatic heterocycles. The first-order valence-corrected chi connectivity index (χ1v) is 12.8. The van der Waals surface area contributed by atoms with Crippen molar-refractivity contribution < 1.29 is 14.3 Å². The van der Waals surface area contributed by atoms with Gasteiger partial charge in [0.2, 0.25) is 0 Å². The highest BCUT2D eigenvalue weighted by atomic mass is 16.5. The fourth-order valence-electron chi connectivity index (χ4n) is 4.35. The Kier molecular flexibility index (Phi) is 7.36. The van der Waals surface area contributed by atoms with Gasteiger partial charge in [0.05, 0.1) is 12.2 Å². The predicted molar refractivity (Wildman–Crippen MR) is 151 cm³/mol. The van der Waals surface area contributed by atoms with Gasteiger partial charge in [-0.05, 0) is 67.3 Å². The van der Waals surface area contributed by atoms with Crippen LogP contribution in [0.15, 0.2) is 103 Å². The van der Waals surface area contributed by atoms with E-state index in [9.17, 15) is 9.59 Å². The molecule has 0 bridgehead atoms. The first-order valence-electron chi connectivity index (χ1n) is 12.8. The van der Waals surface area contributed by atoms with Gasteiger partial charge in [-0.2, -0.15) is 0 Å². The Labute approximate surface area is 223 Å². The SMILES string of the molecule is Cc1ccc(CCNC(=O)c2ccc(C=C3Oc4ccccc4N(Cc4ccc(C)cc4)C3=O)cc2)cc1. The Balaban J connectivity index is 1.28. The number of nitrogens with one attached hydrogen (secondary N) is 1. The summed E-state index contributed by atoms with van der Waals surface area (Å²) in [6.07, 6.45) is 2.50. The molecule has 1 N–H and O–H groups in total. The van der Waals surface area contributed by atoms with Crippen molar-refractivity contribution in [1.82, 2.24) is 5.32 Å². The molecule has 2 amide bonds. The van der Waals surface area contributed by atoms with Crippen LogP contribution in [0.3, 0.4) is 0 Å². The van der Waals surface area contributed by atoms with Crippen molar-refractivity contribution in [2.24, 2.45) is 0 Å². The van der Waals surface area contributed by atoms with Gasteiger partial charge in [-0.3, -0.25) is 14.5 Å². The van der Waals surface area contributed by atoms with Crippen LogP contribution in [0, 0.1) is 13.8 Å². The van der Waals surface area contributed by atoms with Crippen LogP contribution in [0.25, 0.3) is 6.08 Å². The van der Waals surface area contributed by atoms with Crippen LogP contribution in [0.4, 0.5) is 5.69 Å². The number of carbonyl (C=O) groups excluding carboxylic acids is 2. The smallest absolute Gasteiger partial charge is 0.294 e. The number of hydrogen-bond acceptors (Lipinski definition) is 3. The maximum Gasteiger partial charge on any atom is 0.294 e. The highest BCUT2D eigenvalue weighted by Crippen LogP contribution is 2.36. The summed E-state index contributed by atoms with van der Waals surface area (Å²) in [4.78, 5) is 27.8. The molecular formula is C33H30N2O3. The minimum Gasteiger partial charge on any atom is -0.449 e. The minimum absolute atomic E-state index is 0.125. The second-order valence-electron chi connectivity index (χ2n) is 9.57. The molecule has 5 nitrogen and oxygen atoms in total. The van der Waals surface area contributed by atoms with Gasteiger partial charge in [-0.25, -0.2) is 0 Å². The van der Waals surface area contributed by atoms with Crippen LogP contribution in [0.2, 0.25) is 0 Å². The number of carbonyl (C=O) groups is 2. The lowest BCUT2D eigenvalue weighted by atomic mass is 10.1. The Morgan fingerprint density at radius 2 is 1.45 bits per heavy atom. The number of hydrogen-bond donors (Lipinski definition) is 1. The van der Waals surface area contributed by atoms with Crippen molar-refractivity contribution >= 4 is 23.6 Å². The summed E-state index contributed by atoms with van der Waals surface area (Å²) >= 11 is 0. The maximum atomic E-state index is 13.5. The van der Waals surface area contributed by atoms with E-state index in [1.54, 1.807) is 23.1 Å². The van der Waals surface area contributed by atoms with Crippen molar-refractivity contribution in [1.29, 1.82) is 0 Å². The molecule has 1 aliphatic rings. The quantitative estimate of drug-likeness (QED) is 0.304. The van der Waals surface area contributed by atoms with Crippen LogP contribution in [-0.2, 0) is 17.8 Å². The predicted octanol–water partition coefficient (Wildman–Crippen LogP) is 6.24. The number of fused-ring (bicyclic) bond motifs is 1. The summed E-state index contributed by atoms with van der Waals surface area (Å²) in [6.45, 7) is 5.10. The van der Waals surface area contributed by atoms with E-state index < -0.39 is 0 Å². The van der Waals surface area contributed by atoms with E-state index in [1.807, 2.05) is 67.6 Å². The summed E-state index contributed by atoms with van der Waals surface area (Å²) in [7, 11) is 0. The van der Waals surface area contributed by atoms with Crippen molar-refractivity contribution in [3.63, 3.8) is 0 Å². The second-order valence-corrected chi connectivity index (χ2v) is 9.57. The fourth-order valence-corrected chi connectivity index (χ4v) is 4.35. The Morgan fingerprint density at radius 3 is 2.13 bits per heavy atom. The van der Waals surface area contributed by atoms with E-state index in [0.29, 0.717) is 24.4 Å². The first-order chi connectivity index (χ1) is 18.5. The lowest BCUT2D eigenvalue weighted by molar-refractivity contribution is -0.117. The van der Waals surface area contributed by atoms with Crippen LogP contribution < -0.4 is 15.0 Å². The number of rotatable bonds is 7. The van der Waals surface area contributed by atoms with Gasteiger partial charge in [0.1, 0.15) is 0 Å². The Morgan fingerprint density at radius 1 is 0.816 bits per heavy atom. The normalized spacial score (nSPS) is 13.7. The minimum atomic E-state index is -0.206. The molecule has 0 radical (unpaired) electrons. The lowest BCUT2D eigenvalue weighted by Gasteiger charge is -2.30. The van der Waals surface area contributed by atoms with Crippen molar-refractivity contribution in [2.75, 3.05) is 11.4 Å². The average molecular weight is 503 g/mol. The van der Waals surface area contributed by atoms with Gasteiger partial charge in [-0.15, -0.1) is 0 Å². The molecule has 0 saturated carbocycles. The van der Waals surface area contributed by atoms with E-state index in [4.69, 9.17) is 4.74 Å². The molecule has 0 saturated heterocycles. The Hall–Kier alpha value is -4.64. The lowest BCUT2D eigenvalue weighted by Crippen LogP contribution is -2.36. The third-order valence-corrected chi connectivity index (χ3v) is 6.58.